The predicted molar refractivity (Wildman–Crippen MR) is 70.7 cm³/mol. The molecule has 1 aromatic carbocycles. The summed E-state index contributed by atoms with van der Waals surface area (Å²) in [6, 6.07) is 6.51. The number of aliphatic imine (C=N–C) groups is 1. The molecule has 5 heteroatoms. The maximum absolute atomic E-state index is 12.7. The summed E-state index contributed by atoms with van der Waals surface area (Å²) in [4.78, 5) is 4.39. The number of nitrogens with zero attached hydrogens (tertiary/aromatic N) is 1. The number of nitrogens with one attached hydrogen (secondary N) is 1. The molecule has 0 saturated carbocycles. The third kappa shape index (κ3) is 3.22. The molecule has 1 atom stereocenters. The van der Waals surface area contributed by atoms with Crippen LogP contribution in [0.15, 0.2) is 29.3 Å². The molecule has 16 heavy (non-hydrogen) atoms. The zero-order valence-electron chi connectivity index (χ0n) is 8.62. The van der Waals surface area contributed by atoms with Crippen molar-refractivity contribution in [3.05, 3.63) is 35.6 Å². The van der Waals surface area contributed by atoms with Crippen LogP contribution in [0.1, 0.15) is 5.56 Å². The second-order valence-corrected chi connectivity index (χ2v) is 5.46. The third-order valence-corrected chi connectivity index (χ3v) is 4.60. The maximum Gasteiger partial charge on any atom is 0.157 e. The molecule has 0 bridgehead atoms. The van der Waals surface area contributed by atoms with E-state index in [9.17, 15) is 4.39 Å². The van der Waals surface area contributed by atoms with Crippen molar-refractivity contribution in [3.63, 3.8) is 0 Å². The summed E-state index contributed by atoms with van der Waals surface area (Å²) >= 11 is 5.20. The van der Waals surface area contributed by atoms with E-state index in [4.69, 9.17) is 0 Å². The number of hydrogen-bond acceptors (Lipinski definition) is 3. The van der Waals surface area contributed by atoms with Gasteiger partial charge < -0.3 is 5.32 Å². The first-order chi connectivity index (χ1) is 7.78. The molecular formula is C11H12BrFN2S. The van der Waals surface area contributed by atoms with Crippen LogP contribution in [0.5, 0.6) is 0 Å². The highest BCUT2D eigenvalue weighted by Gasteiger charge is 2.17. The van der Waals surface area contributed by atoms with Gasteiger partial charge in [-0.1, -0.05) is 39.8 Å². The fourth-order valence-corrected chi connectivity index (χ4v) is 2.81. The van der Waals surface area contributed by atoms with E-state index in [1.54, 1.807) is 23.9 Å². The van der Waals surface area contributed by atoms with Gasteiger partial charge >= 0.3 is 0 Å². The van der Waals surface area contributed by atoms with Gasteiger partial charge in [0, 0.05) is 17.1 Å². The lowest BCUT2D eigenvalue weighted by Crippen LogP contribution is -2.19. The molecule has 0 radical (unpaired) electrons. The smallest absolute Gasteiger partial charge is 0.157 e. The Morgan fingerprint density at radius 3 is 2.81 bits per heavy atom. The highest BCUT2D eigenvalue weighted by atomic mass is 79.9. The third-order valence-electron chi connectivity index (χ3n) is 2.25. The van der Waals surface area contributed by atoms with E-state index in [1.165, 1.54) is 12.1 Å². The Bertz CT molecular complexity index is 380. The van der Waals surface area contributed by atoms with Crippen molar-refractivity contribution in [3.8, 4) is 0 Å². The first-order valence-electron chi connectivity index (χ1n) is 5.03. The van der Waals surface area contributed by atoms with E-state index in [0.29, 0.717) is 11.8 Å². The lowest BCUT2D eigenvalue weighted by Gasteiger charge is -2.06. The van der Waals surface area contributed by atoms with Crippen molar-refractivity contribution in [2.75, 3.05) is 11.9 Å². The van der Waals surface area contributed by atoms with Gasteiger partial charge in [0.05, 0.1) is 6.54 Å². The van der Waals surface area contributed by atoms with E-state index in [0.717, 1.165) is 22.6 Å². The molecule has 0 amide bonds. The zero-order chi connectivity index (χ0) is 11.4. The topological polar surface area (TPSA) is 24.4 Å². The van der Waals surface area contributed by atoms with Crippen molar-refractivity contribution in [2.24, 2.45) is 4.99 Å². The molecule has 1 aliphatic heterocycles. The van der Waals surface area contributed by atoms with Crippen LogP contribution in [-0.4, -0.2) is 22.3 Å². The fraction of sp³-hybridized carbons (Fsp3) is 0.364. The van der Waals surface area contributed by atoms with Crippen LogP contribution in [0.4, 0.5) is 4.39 Å². The van der Waals surface area contributed by atoms with Crippen LogP contribution in [0.2, 0.25) is 0 Å². The molecule has 1 aromatic rings. The Morgan fingerprint density at radius 2 is 2.19 bits per heavy atom. The number of amidine groups is 1. The van der Waals surface area contributed by atoms with Crippen molar-refractivity contribution in [1.29, 1.82) is 0 Å². The largest absolute Gasteiger partial charge is 0.361 e. The number of rotatable bonds is 3. The SMILES string of the molecule is Fc1ccc(CNC2=NC[C@H](CBr)S2)cc1. The van der Waals surface area contributed by atoms with E-state index in [2.05, 4.69) is 26.2 Å². The van der Waals surface area contributed by atoms with Gasteiger partial charge in [0.1, 0.15) is 5.82 Å². The number of halogens is 2. The minimum Gasteiger partial charge on any atom is -0.361 e. The van der Waals surface area contributed by atoms with Crippen LogP contribution in [0, 0.1) is 5.82 Å². The second-order valence-electron chi connectivity index (χ2n) is 3.52. The molecule has 1 aliphatic rings. The molecule has 86 valence electrons. The van der Waals surface area contributed by atoms with Crippen LogP contribution >= 0.6 is 27.7 Å². The predicted octanol–water partition coefficient (Wildman–Crippen LogP) is 2.78. The quantitative estimate of drug-likeness (QED) is 0.868. The van der Waals surface area contributed by atoms with Gasteiger partial charge in [-0.05, 0) is 17.7 Å². The fourth-order valence-electron chi connectivity index (χ4n) is 1.37. The van der Waals surface area contributed by atoms with Crippen molar-refractivity contribution in [2.45, 2.75) is 11.8 Å². The van der Waals surface area contributed by atoms with E-state index < -0.39 is 0 Å². The van der Waals surface area contributed by atoms with Gasteiger partial charge in [-0.2, -0.15) is 0 Å². The molecule has 0 aliphatic carbocycles. The molecular weight excluding hydrogens is 291 g/mol. The van der Waals surface area contributed by atoms with Gasteiger partial charge in [-0.25, -0.2) is 4.39 Å². The molecule has 0 unspecified atom stereocenters. The summed E-state index contributed by atoms with van der Waals surface area (Å²) in [5, 5.41) is 5.73. The Hall–Kier alpha value is -0.550. The summed E-state index contributed by atoms with van der Waals surface area (Å²) in [7, 11) is 0. The molecule has 0 fully saturated rings. The molecule has 1 N–H and O–H groups in total. The highest BCUT2D eigenvalue weighted by Crippen LogP contribution is 2.21. The van der Waals surface area contributed by atoms with Crippen LogP contribution in [0.25, 0.3) is 0 Å². The summed E-state index contributed by atoms with van der Waals surface area (Å²) in [5.41, 5.74) is 1.06. The van der Waals surface area contributed by atoms with Gasteiger partial charge in [-0.15, -0.1) is 0 Å². The first-order valence-corrected chi connectivity index (χ1v) is 7.03. The Balaban J connectivity index is 1.82. The lowest BCUT2D eigenvalue weighted by atomic mass is 10.2. The average molecular weight is 303 g/mol. The number of alkyl halides is 1. The van der Waals surface area contributed by atoms with E-state index in [-0.39, 0.29) is 5.82 Å². The molecule has 1 heterocycles. The molecule has 0 aromatic heterocycles. The number of thioether (sulfide) groups is 1. The lowest BCUT2D eigenvalue weighted by molar-refractivity contribution is 0.627. The van der Waals surface area contributed by atoms with Gasteiger partial charge in [0.15, 0.2) is 5.17 Å². The standard InChI is InChI=1S/C11H12BrFN2S/c12-5-10-7-15-11(16-10)14-6-8-1-3-9(13)4-2-8/h1-4,10H,5-7H2,(H,14,15)/t10-/m0/s1. The molecule has 0 saturated heterocycles. The summed E-state index contributed by atoms with van der Waals surface area (Å²) < 4.78 is 12.7. The number of benzene rings is 1. The second kappa shape index (κ2) is 5.68. The maximum atomic E-state index is 12.7. The number of hydrogen-bond donors (Lipinski definition) is 1. The summed E-state index contributed by atoms with van der Waals surface area (Å²) in [6.45, 7) is 1.56. The van der Waals surface area contributed by atoms with Crippen molar-refractivity contribution >= 4 is 32.9 Å². The Kier molecular flexibility index (Phi) is 4.23. The molecule has 2 rings (SSSR count). The van der Waals surface area contributed by atoms with Crippen LogP contribution in [0.3, 0.4) is 0 Å². The Labute approximate surface area is 107 Å². The monoisotopic (exact) mass is 302 g/mol. The summed E-state index contributed by atoms with van der Waals surface area (Å²) in [6.07, 6.45) is 0. The van der Waals surface area contributed by atoms with E-state index >= 15 is 0 Å². The normalized spacial score (nSPS) is 19.6. The van der Waals surface area contributed by atoms with Crippen molar-refractivity contribution < 1.29 is 4.39 Å². The molecule has 2 nitrogen and oxygen atoms in total. The molecule has 0 spiro atoms. The average Bonchev–Trinajstić information content (AvgIpc) is 2.76. The van der Waals surface area contributed by atoms with Crippen molar-refractivity contribution in [1.82, 2.24) is 5.32 Å². The van der Waals surface area contributed by atoms with Gasteiger partial charge in [0.2, 0.25) is 0 Å². The van der Waals surface area contributed by atoms with Crippen LogP contribution in [-0.2, 0) is 6.54 Å². The van der Waals surface area contributed by atoms with Gasteiger partial charge in [0.25, 0.3) is 0 Å². The zero-order valence-corrected chi connectivity index (χ0v) is 11.0. The Morgan fingerprint density at radius 1 is 1.44 bits per heavy atom. The minimum atomic E-state index is -0.198. The highest BCUT2D eigenvalue weighted by molar-refractivity contribution is 9.09. The summed E-state index contributed by atoms with van der Waals surface area (Å²) in [5.74, 6) is -0.198. The first kappa shape index (κ1) is 11.9. The van der Waals surface area contributed by atoms with Crippen LogP contribution < -0.4 is 5.32 Å². The van der Waals surface area contributed by atoms with Gasteiger partial charge in [-0.3, -0.25) is 4.99 Å². The minimum absolute atomic E-state index is 0.198. The van der Waals surface area contributed by atoms with E-state index in [1.807, 2.05) is 0 Å².